The smallest absolute Gasteiger partial charge is 0.390 e. The molecule has 17 heavy (non-hydrogen) atoms. The van der Waals surface area contributed by atoms with Gasteiger partial charge in [-0.2, -0.15) is 13.2 Å². The monoisotopic (exact) mass is 273 g/mol. The highest BCUT2D eigenvalue weighted by molar-refractivity contribution is 5.85. The van der Waals surface area contributed by atoms with E-state index in [0.29, 0.717) is 0 Å². The van der Waals surface area contributed by atoms with Crippen molar-refractivity contribution in [2.24, 2.45) is 5.73 Å². The number of benzene rings is 1. The highest BCUT2D eigenvalue weighted by Crippen LogP contribution is 2.30. The molecule has 2 nitrogen and oxygen atoms in total. The molecule has 98 valence electrons. The molecule has 0 spiro atoms. The number of nitrogens with two attached hydrogens (primary N) is 1. The quantitative estimate of drug-likeness (QED) is 0.859. The number of hydrogen-bond donors (Lipinski definition) is 1. The van der Waals surface area contributed by atoms with Crippen LogP contribution in [-0.2, 0) is 0 Å². The van der Waals surface area contributed by atoms with Gasteiger partial charge in [-0.15, -0.1) is 12.4 Å². The molecule has 2 N–H and O–H groups in total. The van der Waals surface area contributed by atoms with Gasteiger partial charge in [-0.3, -0.25) is 0 Å². The molecular weight excluding hydrogens is 262 g/mol. The van der Waals surface area contributed by atoms with Crippen molar-refractivity contribution in [2.45, 2.75) is 18.6 Å². The van der Waals surface area contributed by atoms with Crippen molar-refractivity contribution in [1.82, 2.24) is 0 Å². The Hall–Kier alpha value is -1.01. The lowest BCUT2D eigenvalue weighted by Gasteiger charge is -2.15. The molecule has 0 aromatic heterocycles. The maximum Gasteiger partial charge on any atom is 0.390 e. The summed E-state index contributed by atoms with van der Waals surface area (Å²) in [6.45, 7) is 0. The minimum absolute atomic E-state index is 0. The van der Waals surface area contributed by atoms with E-state index in [-0.39, 0.29) is 23.7 Å². The van der Waals surface area contributed by atoms with Gasteiger partial charge >= 0.3 is 6.18 Å². The minimum Gasteiger partial charge on any atom is -0.497 e. The first-order valence-electron chi connectivity index (χ1n) is 4.49. The van der Waals surface area contributed by atoms with Gasteiger partial charge < -0.3 is 10.5 Å². The number of hydrogen-bond acceptors (Lipinski definition) is 2. The predicted molar refractivity (Wildman–Crippen MR) is 57.8 cm³/mol. The third kappa shape index (κ3) is 4.79. The molecule has 0 bridgehead atoms. The first-order valence-corrected chi connectivity index (χ1v) is 4.49. The first kappa shape index (κ1) is 16.0. The average Bonchev–Trinajstić information content (AvgIpc) is 2.15. The van der Waals surface area contributed by atoms with Crippen LogP contribution in [-0.4, -0.2) is 13.3 Å². The maximum atomic E-state index is 13.2. The number of halogens is 5. The highest BCUT2D eigenvalue weighted by atomic mass is 35.5. The van der Waals surface area contributed by atoms with Crippen molar-refractivity contribution in [1.29, 1.82) is 0 Å². The van der Waals surface area contributed by atoms with Crippen LogP contribution in [0.1, 0.15) is 18.0 Å². The fourth-order valence-corrected chi connectivity index (χ4v) is 1.29. The molecule has 7 heteroatoms. The average molecular weight is 274 g/mol. The summed E-state index contributed by atoms with van der Waals surface area (Å²) in [5, 5.41) is 0. The Morgan fingerprint density at radius 2 is 1.94 bits per heavy atom. The summed E-state index contributed by atoms with van der Waals surface area (Å²) in [5.74, 6) is -0.494. The van der Waals surface area contributed by atoms with Gasteiger partial charge in [0.2, 0.25) is 0 Å². The molecule has 1 rings (SSSR count). The second-order valence-electron chi connectivity index (χ2n) is 3.31. The van der Waals surface area contributed by atoms with Crippen molar-refractivity contribution < 1.29 is 22.3 Å². The fraction of sp³-hybridized carbons (Fsp3) is 0.400. The summed E-state index contributed by atoms with van der Waals surface area (Å²) in [6.07, 6.45) is -5.69. The van der Waals surface area contributed by atoms with Gasteiger partial charge in [-0.05, 0) is 18.2 Å². The van der Waals surface area contributed by atoms with Crippen LogP contribution in [0.5, 0.6) is 5.75 Å². The van der Waals surface area contributed by atoms with Gasteiger partial charge in [0, 0.05) is 11.6 Å². The molecule has 0 fully saturated rings. The number of rotatable bonds is 3. The lowest BCUT2D eigenvalue weighted by atomic mass is 10.0. The van der Waals surface area contributed by atoms with E-state index in [4.69, 9.17) is 10.5 Å². The SMILES string of the molecule is COc1ccc(F)c([C@H](N)CC(F)(F)F)c1.Cl. The summed E-state index contributed by atoms with van der Waals surface area (Å²) >= 11 is 0. The van der Waals surface area contributed by atoms with E-state index in [9.17, 15) is 17.6 Å². The van der Waals surface area contributed by atoms with Gasteiger partial charge in [-0.1, -0.05) is 0 Å². The number of ether oxygens (including phenoxy) is 1. The van der Waals surface area contributed by atoms with E-state index in [1.165, 1.54) is 19.2 Å². The summed E-state index contributed by atoms with van der Waals surface area (Å²) in [7, 11) is 1.34. The van der Waals surface area contributed by atoms with E-state index in [1.54, 1.807) is 0 Å². The van der Waals surface area contributed by atoms with Gasteiger partial charge in [-0.25, -0.2) is 4.39 Å². The van der Waals surface area contributed by atoms with E-state index < -0.39 is 24.5 Å². The first-order chi connectivity index (χ1) is 7.33. The zero-order chi connectivity index (χ0) is 12.3. The zero-order valence-electron chi connectivity index (χ0n) is 8.92. The van der Waals surface area contributed by atoms with Gasteiger partial charge in [0.05, 0.1) is 13.5 Å². The molecule has 0 aliphatic carbocycles. The Morgan fingerprint density at radius 1 is 1.35 bits per heavy atom. The van der Waals surface area contributed by atoms with Gasteiger partial charge in [0.1, 0.15) is 11.6 Å². The van der Waals surface area contributed by atoms with Crippen LogP contribution in [0.2, 0.25) is 0 Å². The highest BCUT2D eigenvalue weighted by Gasteiger charge is 2.32. The molecular formula is C10H12ClF4NO. The summed E-state index contributed by atoms with van der Waals surface area (Å²) < 4.78 is 54.2. The molecule has 0 radical (unpaired) electrons. The van der Waals surface area contributed by atoms with Crippen molar-refractivity contribution in [3.8, 4) is 5.75 Å². The van der Waals surface area contributed by atoms with Crippen LogP contribution < -0.4 is 10.5 Å². The molecule has 0 heterocycles. The molecule has 1 aromatic rings. The van der Waals surface area contributed by atoms with Crippen LogP contribution in [0.25, 0.3) is 0 Å². The Morgan fingerprint density at radius 3 is 2.41 bits per heavy atom. The predicted octanol–water partition coefficient (Wildman–Crippen LogP) is 3.21. The second kappa shape index (κ2) is 6.07. The zero-order valence-corrected chi connectivity index (χ0v) is 9.74. The van der Waals surface area contributed by atoms with Crippen LogP contribution in [0.4, 0.5) is 17.6 Å². The number of alkyl halides is 3. The molecule has 0 amide bonds. The van der Waals surface area contributed by atoms with Crippen LogP contribution >= 0.6 is 12.4 Å². The summed E-state index contributed by atoms with van der Waals surface area (Å²) in [6, 6.07) is 2.10. The fourth-order valence-electron chi connectivity index (χ4n) is 1.29. The molecule has 1 atom stereocenters. The third-order valence-corrected chi connectivity index (χ3v) is 2.05. The minimum atomic E-state index is -4.42. The van der Waals surface area contributed by atoms with E-state index in [2.05, 4.69) is 0 Å². The maximum absolute atomic E-state index is 13.2. The lowest BCUT2D eigenvalue weighted by Crippen LogP contribution is -2.21. The van der Waals surface area contributed by atoms with Crippen LogP contribution in [0.15, 0.2) is 18.2 Å². The van der Waals surface area contributed by atoms with E-state index in [1.807, 2.05) is 0 Å². The van der Waals surface area contributed by atoms with Crippen LogP contribution in [0, 0.1) is 5.82 Å². The molecule has 0 unspecified atom stereocenters. The van der Waals surface area contributed by atoms with Crippen molar-refractivity contribution >= 4 is 12.4 Å². The van der Waals surface area contributed by atoms with Gasteiger partial charge in [0.15, 0.2) is 0 Å². The molecule has 0 aliphatic rings. The second-order valence-corrected chi connectivity index (χ2v) is 3.31. The molecule has 0 aliphatic heterocycles. The largest absolute Gasteiger partial charge is 0.497 e. The summed E-state index contributed by atoms with van der Waals surface area (Å²) in [5.41, 5.74) is 5.09. The molecule has 0 saturated heterocycles. The normalized spacial score (nSPS) is 12.8. The van der Waals surface area contributed by atoms with Gasteiger partial charge in [0.25, 0.3) is 0 Å². The van der Waals surface area contributed by atoms with E-state index in [0.717, 1.165) is 6.07 Å². The third-order valence-electron chi connectivity index (χ3n) is 2.05. The topological polar surface area (TPSA) is 35.2 Å². The molecule has 1 aromatic carbocycles. The Kier molecular flexibility index (Phi) is 5.71. The van der Waals surface area contributed by atoms with E-state index >= 15 is 0 Å². The Bertz CT molecular complexity index is 370. The van der Waals surface area contributed by atoms with Crippen molar-refractivity contribution in [2.75, 3.05) is 7.11 Å². The van der Waals surface area contributed by atoms with Crippen molar-refractivity contribution in [3.63, 3.8) is 0 Å². The summed E-state index contributed by atoms with van der Waals surface area (Å²) in [4.78, 5) is 0. The van der Waals surface area contributed by atoms with Crippen molar-refractivity contribution in [3.05, 3.63) is 29.6 Å². The standard InChI is InChI=1S/C10H11F4NO.ClH/c1-16-6-2-3-8(11)7(4-6)9(15)5-10(12,13)14;/h2-4,9H,5,15H2,1H3;1H/t9-;/m1./s1. The lowest BCUT2D eigenvalue weighted by molar-refractivity contribution is -0.138. The van der Waals surface area contributed by atoms with Crippen LogP contribution in [0.3, 0.4) is 0 Å². The Balaban J connectivity index is 0.00000256. The molecule has 0 saturated carbocycles. The Labute approximate surface area is 102 Å². The number of methoxy groups -OCH3 is 1.